The van der Waals surface area contributed by atoms with Gasteiger partial charge in [-0.1, -0.05) is 55.5 Å². The molecule has 2 aromatic carbocycles. The second kappa shape index (κ2) is 9.73. The lowest BCUT2D eigenvalue weighted by atomic mass is 10.0. The van der Waals surface area contributed by atoms with Crippen LogP contribution in [0.4, 0.5) is 10.5 Å². The number of ether oxygens (including phenoxy) is 1. The van der Waals surface area contributed by atoms with Crippen molar-refractivity contribution in [2.75, 3.05) is 11.9 Å². The Morgan fingerprint density at radius 1 is 1.04 bits per heavy atom. The molecule has 4 nitrogen and oxygen atoms in total. The Morgan fingerprint density at radius 3 is 2.12 bits per heavy atom. The van der Waals surface area contributed by atoms with Crippen molar-refractivity contribution in [2.45, 2.75) is 39.7 Å². The van der Waals surface area contributed by atoms with Crippen LogP contribution in [0.25, 0.3) is 11.1 Å². The molecule has 2 N–H and O–H groups in total. The molecule has 0 atom stereocenters. The lowest BCUT2D eigenvalue weighted by Gasteiger charge is -2.20. The predicted octanol–water partition coefficient (Wildman–Crippen LogP) is 5.09. The number of hydrogen-bond acceptors (Lipinski definition) is 3. The molecule has 0 spiro atoms. The van der Waals surface area contributed by atoms with Crippen LogP contribution in [0.1, 0.15) is 34.1 Å². The summed E-state index contributed by atoms with van der Waals surface area (Å²) in [4.78, 5) is 11.9. The smallest absolute Gasteiger partial charge is 0.412 e. The second-order valence-electron chi connectivity index (χ2n) is 6.26. The summed E-state index contributed by atoms with van der Waals surface area (Å²) >= 11 is 0. The molecule has 0 radical (unpaired) electrons. The third-order valence-corrected chi connectivity index (χ3v) is 2.87. The van der Waals surface area contributed by atoms with Crippen molar-refractivity contribution >= 4 is 11.8 Å². The van der Waals surface area contributed by atoms with Gasteiger partial charge in [0.25, 0.3) is 0 Å². The minimum atomic E-state index is -0.508. The number of hydrogen-bond donors (Lipinski definition) is 2. The van der Waals surface area contributed by atoms with Crippen molar-refractivity contribution in [1.82, 2.24) is 0 Å². The van der Waals surface area contributed by atoms with Crippen LogP contribution in [-0.2, 0) is 4.74 Å². The van der Waals surface area contributed by atoms with Gasteiger partial charge >= 0.3 is 6.09 Å². The zero-order chi connectivity index (χ0) is 18.0. The molecule has 0 bridgehead atoms. The maximum absolute atomic E-state index is 11.9. The highest BCUT2D eigenvalue weighted by Crippen LogP contribution is 2.27. The Morgan fingerprint density at radius 2 is 1.58 bits per heavy atom. The van der Waals surface area contributed by atoms with E-state index >= 15 is 0 Å². The molecule has 0 fully saturated rings. The Labute approximate surface area is 144 Å². The van der Waals surface area contributed by atoms with Crippen molar-refractivity contribution in [3.63, 3.8) is 0 Å². The van der Waals surface area contributed by atoms with Crippen molar-refractivity contribution in [3.05, 3.63) is 54.6 Å². The first-order chi connectivity index (χ1) is 11.4. The summed E-state index contributed by atoms with van der Waals surface area (Å²) in [6, 6.07) is 17.6. The first-order valence-corrected chi connectivity index (χ1v) is 8.12. The molecular formula is C20H27NO3. The average molecular weight is 329 g/mol. The van der Waals surface area contributed by atoms with Crippen LogP contribution >= 0.6 is 0 Å². The third kappa shape index (κ3) is 7.29. The summed E-state index contributed by atoms with van der Waals surface area (Å²) in [5.41, 5.74) is 2.26. The summed E-state index contributed by atoms with van der Waals surface area (Å²) in [6.45, 7) is 7.78. The Balaban J connectivity index is 0.000000648. The molecule has 24 heavy (non-hydrogen) atoms. The largest absolute Gasteiger partial charge is 0.444 e. The number of carbonyl (C=O) groups excluding carboxylic acids is 1. The zero-order valence-electron chi connectivity index (χ0n) is 14.9. The topological polar surface area (TPSA) is 58.6 Å². The van der Waals surface area contributed by atoms with Gasteiger partial charge in [-0.2, -0.15) is 0 Å². The van der Waals surface area contributed by atoms with E-state index in [1.807, 2.05) is 82.3 Å². The quantitative estimate of drug-likeness (QED) is 0.824. The van der Waals surface area contributed by atoms with E-state index in [1.165, 1.54) is 0 Å². The van der Waals surface area contributed by atoms with Gasteiger partial charge in [-0.3, -0.25) is 5.32 Å². The SMILES string of the molecule is CC(C)(C)OC(=O)Nc1ccccc1-c1ccccc1.CCCO. The van der Waals surface area contributed by atoms with E-state index in [4.69, 9.17) is 9.84 Å². The minimum Gasteiger partial charge on any atom is -0.444 e. The molecule has 0 saturated heterocycles. The zero-order valence-corrected chi connectivity index (χ0v) is 14.9. The first kappa shape index (κ1) is 19.7. The van der Waals surface area contributed by atoms with Crippen LogP contribution in [0.15, 0.2) is 54.6 Å². The number of anilines is 1. The van der Waals surface area contributed by atoms with E-state index in [0.29, 0.717) is 6.61 Å². The van der Waals surface area contributed by atoms with Gasteiger partial charge < -0.3 is 9.84 Å². The van der Waals surface area contributed by atoms with E-state index in [-0.39, 0.29) is 0 Å². The van der Waals surface area contributed by atoms with Crippen LogP contribution in [0, 0.1) is 0 Å². The molecule has 130 valence electrons. The fraction of sp³-hybridized carbons (Fsp3) is 0.350. The molecule has 0 aliphatic rings. The van der Waals surface area contributed by atoms with Crippen molar-refractivity contribution in [1.29, 1.82) is 0 Å². The lowest BCUT2D eigenvalue weighted by molar-refractivity contribution is 0.0636. The Kier molecular flexibility index (Phi) is 7.99. The summed E-state index contributed by atoms with van der Waals surface area (Å²) < 4.78 is 5.28. The fourth-order valence-corrected chi connectivity index (χ4v) is 1.88. The molecule has 0 aromatic heterocycles. The molecule has 0 saturated carbocycles. The normalized spacial score (nSPS) is 10.4. The lowest BCUT2D eigenvalue weighted by Crippen LogP contribution is -2.27. The third-order valence-electron chi connectivity index (χ3n) is 2.87. The predicted molar refractivity (Wildman–Crippen MR) is 99.1 cm³/mol. The number of rotatable bonds is 3. The molecule has 2 rings (SSSR count). The first-order valence-electron chi connectivity index (χ1n) is 8.12. The van der Waals surface area contributed by atoms with Gasteiger partial charge in [0.2, 0.25) is 0 Å². The molecule has 0 heterocycles. The molecular weight excluding hydrogens is 302 g/mol. The summed E-state index contributed by atoms with van der Waals surface area (Å²) in [7, 11) is 0. The number of aliphatic hydroxyl groups excluding tert-OH is 1. The van der Waals surface area contributed by atoms with Gasteiger partial charge in [0.15, 0.2) is 0 Å². The van der Waals surface area contributed by atoms with Gasteiger partial charge in [0, 0.05) is 12.2 Å². The summed E-state index contributed by atoms with van der Waals surface area (Å²) in [5, 5.41) is 10.7. The van der Waals surface area contributed by atoms with Crippen molar-refractivity contribution < 1.29 is 14.6 Å². The highest BCUT2D eigenvalue weighted by Gasteiger charge is 2.17. The molecule has 1 amide bonds. The van der Waals surface area contributed by atoms with E-state index in [2.05, 4.69) is 5.32 Å². The van der Waals surface area contributed by atoms with Crippen LogP contribution < -0.4 is 5.32 Å². The maximum Gasteiger partial charge on any atom is 0.412 e. The average Bonchev–Trinajstić information content (AvgIpc) is 2.54. The standard InChI is InChI=1S/C17H19NO2.C3H8O/c1-17(2,3)20-16(19)18-15-12-8-7-11-14(15)13-9-5-4-6-10-13;1-2-3-4/h4-12H,1-3H3,(H,18,19);4H,2-3H2,1H3. The van der Waals surface area contributed by atoms with Crippen LogP contribution in [0.2, 0.25) is 0 Å². The summed E-state index contributed by atoms with van der Waals surface area (Å²) in [5.74, 6) is 0. The highest BCUT2D eigenvalue weighted by atomic mass is 16.6. The molecule has 4 heteroatoms. The highest BCUT2D eigenvalue weighted by molar-refractivity contribution is 5.91. The van der Waals surface area contributed by atoms with Gasteiger partial charge in [-0.05, 0) is 38.8 Å². The van der Waals surface area contributed by atoms with Crippen LogP contribution in [0.5, 0.6) is 0 Å². The molecule has 0 aliphatic carbocycles. The molecule has 0 aliphatic heterocycles. The number of para-hydroxylation sites is 1. The van der Waals surface area contributed by atoms with E-state index in [9.17, 15) is 4.79 Å². The Hall–Kier alpha value is -2.33. The fourth-order valence-electron chi connectivity index (χ4n) is 1.88. The van der Waals surface area contributed by atoms with E-state index in [1.54, 1.807) is 0 Å². The minimum absolute atomic E-state index is 0.319. The van der Waals surface area contributed by atoms with E-state index in [0.717, 1.165) is 23.2 Å². The maximum atomic E-state index is 11.9. The van der Waals surface area contributed by atoms with Gasteiger partial charge in [0.05, 0.1) is 5.69 Å². The number of carbonyl (C=O) groups is 1. The van der Waals surface area contributed by atoms with E-state index < -0.39 is 11.7 Å². The monoisotopic (exact) mass is 329 g/mol. The number of aliphatic hydroxyl groups is 1. The molecule has 2 aromatic rings. The summed E-state index contributed by atoms with van der Waals surface area (Å²) in [6.07, 6.45) is 0.431. The number of benzene rings is 2. The second-order valence-corrected chi connectivity index (χ2v) is 6.26. The number of nitrogens with one attached hydrogen (secondary N) is 1. The molecule has 0 unspecified atom stereocenters. The van der Waals surface area contributed by atoms with Crippen molar-refractivity contribution in [2.24, 2.45) is 0 Å². The van der Waals surface area contributed by atoms with Crippen LogP contribution in [-0.4, -0.2) is 23.4 Å². The van der Waals surface area contributed by atoms with Crippen molar-refractivity contribution in [3.8, 4) is 11.1 Å². The number of amides is 1. The Bertz CT molecular complexity index is 616. The van der Waals surface area contributed by atoms with Gasteiger partial charge in [-0.15, -0.1) is 0 Å². The van der Waals surface area contributed by atoms with Gasteiger partial charge in [0.1, 0.15) is 5.60 Å². The van der Waals surface area contributed by atoms with Crippen LogP contribution in [0.3, 0.4) is 0 Å². The van der Waals surface area contributed by atoms with Gasteiger partial charge in [-0.25, -0.2) is 4.79 Å².